The fourth-order valence-corrected chi connectivity index (χ4v) is 3.53. The number of halogens is 1. The first-order valence-electron chi connectivity index (χ1n) is 7.08. The molecule has 0 fully saturated rings. The molecule has 0 radical (unpaired) electrons. The number of thiophene rings is 1. The number of benzene rings is 1. The molecule has 5 heteroatoms. The van der Waals surface area contributed by atoms with Crippen LogP contribution in [0.1, 0.15) is 34.3 Å². The maximum absolute atomic E-state index is 12.6. The molecule has 112 valence electrons. The van der Waals surface area contributed by atoms with Gasteiger partial charge in [0.15, 0.2) is 0 Å². The molecule has 3 aromatic rings. The molecule has 0 saturated heterocycles. The lowest BCUT2D eigenvalue weighted by Crippen LogP contribution is -2.01. The minimum Gasteiger partial charge on any atom is -0.397 e. The van der Waals surface area contributed by atoms with Crippen LogP contribution in [0.5, 0.6) is 0 Å². The third-order valence-corrected chi connectivity index (χ3v) is 4.84. The number of anilines is 1. The Kier molecular flexibility index (Phi) is 4.14. The van der Waals surface area contributed by atoms with Crippen molar-refractivity contribution in [2.75, 3.05) is 5.73 Å². The van der Waals surface area contributed by atoms with E-state index in [1.807, 2.05) is 12.1 Å². The van der Waals surface area contributed by atoms with Crippen LogP contribution in [0.2, 0.25) is 5.02 Å². The van der Waals surface area contributed by atoms with Crippen LogP contribution in [0, 0.1) is 0 Å². The van der Waals surface area contributed by atoms with Crippen molar-refractivity contribution in [2.24, 2.45) is 0 Å². The summed E-state index contributed by atoms with van der Waals surface area (Å²) in [6.45, 7) is 2.12. The van der Waals surface area contributed by atoms with E-state index in [2.05, 4.69) is 11.9 Å². The fraction of sp³-hybridized carbons (Fsp3) is 0.176. The first-order valence-corrected chi connectivity index (χ1v) is 8.27. The molecule has 3 nitrogen and oxygen atoms in total. The zero-order valence-electron chi connectivity index (χ0n) is 12.1. The van der Waals surface area contributed by atoms with E-state index in [4.69, 9.17) is 17.3 Å². The van der Waals surface area contributed by atoms with E-state index in [-0.39, 0.29) is 5.78 Å². The van der Waals surface area contributed by atoms with Gasteiger partial charge >= 0.3 is 0 Å². The Bertz CT molecular complexity index is 840. The Labute approximate surface area is 137 Å². The summed E-state index contributed by atoms with van der Waals surface area (Å²) in [4.78, 5) is 18.6. The van der Waals surface area contributed by atoms with Gasteiger partial charge in [-0.15, -0.1) is 11.3 Å². The summed E-state index contributed by atoms with van der Waals surface area (Å²) < 4.78 is 0. The predicted molar refractivity (Wildman–Crippen MR) is 92.9 cm³/mol. The number of hydrogen-bond donors (Lipinski definition) is 1. The summed E-state index contributed by atoms with van der Waals surface area (Å²) in [5.74, 6) is -0.0887. The lowest BCUT2D eigenvalue weighted by atomic mass is 10.1. The van der Waals surface area contributed by atoms with Gasteiger partial charge in [-0.1, -0.05) is 24.9 Å². The van der Waals surface area contributed by atoms with E-state index in [9.17, 15) is 4.79 Å². The predicted octanol–water partition coefficient (Wildman–Crippen LogP) is 4.72. The number of hydrogen-bond acceptors (Lipinski definition) is 4. The maximum atomic E-state index is 12.6. The maximum Gasteiger partial charge on any atom is 0.205 e. The van der Waals surface area contributed by atoms with Crippen molar-refractivity contribution < 1.29 is 4.79 Å². The van der Waals surface area contributed by atoms with Crippen molar-refractivity contribution in [3.63, 3.8) is 0 Å². The van der Waals surface area contributed by atoms with Crippen LogP contribution in [0.15, 0.2) is 36.4 Å². The third kappa shape index (κ3) is 2.72. The molecule has 2 aromatic heterocycles. The highest BCUT2D eigenvalue weighted by atomic mass is 35.5. The average Bonchev–Trinajstić information content (AvgIpc) is 2.84. The second-order valence-corrected chi connectivity index (χ2v) is 6.52. The molecule has 2 heterocycles. The molecule has 0 aliphatic heterocycles. The fourth-order valence-electron chi connectivity index (χ4n) is 2.33. The monoisotopic (exact) mass is 330 g/mol. The normalized spacial score (nSPS) is 11.0. The van der Waals surface area contributed by atoms with E-state index in [1.165, 1.54) is 11.3 Å². The molecule has 0 unspecified atom stereocenters. The standard InChI is InChI=1S/C17H15ClN2OS/c1-2-3-12-8-9-13-14(19)16(22-17(13)20-12)15(21)10-4-6-11(18)7-5-10/h4-9H,2-3,19H2,1H3. The smallest absolute Gasteiger partial charge is 0.205 e. The Balaban J connectivity index is 2.05. The van der Waals surface area contributed by atoms with Crippen molar-refractivity contribution >= 4 is 44.6 Å². The number of aromatic nitrogens is 1. The minimum absolute atomic E-state index is 0.0887. The lowest BCUT2D eigenvalue weighted by Gasteiger charge is -2.00. The van der Waals surface area contributed by atoms with Crippen molar-refractivity contribution in [2.45, 2.75) is 19.8 Å². The molecule has 0 atom stereocenters. The molecular formula is C17H15ClN2OS. The van der Waals surface area contributed by atoms with Gasteiger partial charge in [0.25, 0.3) is 0 Å². The number of rotatable bonds is 4. The van der Waals surface area contributed by atoms with Crippen LogP contribution in [0.4, 0.5) is 5.69 Å². The minimum atomic E-state index is -0.0887. The number of carbonyl (C=O) groups excluding carboxylic acids is 1. The highest BCUT2D eigenvalue weighted by Crippen LogP contribution is 2.34. The van der Waals surface area contributed by atoms with Gasteiger partial charge < -0.3 is 5.73 Å². The summed E-state index contributed by atoms with van der Waals surface area (Å²) in [5, 5.41) is 1.45. The number of ketones is 1. The van der Waals surface area contributed by atoms with Gasteiger partial charge in [-0.3, -0.25) is 4.79 Å². The molecule has 3 rings (SSSR count). The summed E-state index contributed by atoms with van der Waals surface area (Å²) >= 11 is 7.21. The van der Waals surface area contributed by atoms with Crippen molar-refractivity contribution in [3.8, 4) is 0 Å². The van der Waals surface area contributed by atoms with Gasteiger partial charge in [0.1, 0.15) is 9.71 Å². The van der Waals surface area contributed by atoms with E-state index < -0.39 is 0 Å². The molecule has 22 heavy (non-hydrogen) atoms. The van der Waals surface area contributed by atoms with Crippen LogP contribution in [-0.2, 0) is 6.42 Å². The van der Waals surface area contributed by atoms with E-state index >= 15 is 0 Å². The molecular weight excluding hydrogens is 316 g/mol. The van der Waals surface area contributed by atoms with E-state index in [0.29, 0.717) is 21.2 Å². The van der Waals surface area contributed by atoms with Gasteiger partial charge in [0, 0.05) is 21.7 Å². The van der Waals surface area contributed by atoms with Gasteiger partial charge in [-0.05, 0) is 42.8 Å². The first kappa shape index (κ1) is 15.0. The molecule has 0 amide bonds. The van der Waals surface area contributed by atoms with Gasteiger partial charge in [0.05, 0.1) is 5.69 Å². The zero-order valence-corrected chi connectivity index (χ0v) is 13.7. The molecule has 0 bridgehead atoms. The summed E-state index contributed by atoms with van der Waals surface area (Å²) in [6, 6.07) is 10.8. The second-order valence-electron chi connectivity index (χ2n) is 5.09. The topological polar surface area (TPSA) is 56.0 Å². The van der Waals surface area contributed by atoms with Crippen LogP contribution < -0.4 is 5.73 Å². The number of nitrogens with zero attached hydrogens (tertiary/aromatic N) is 1. The molecule has 0 saturated carbocycles. The Morgan fingerprint density at radius 2 is 1.95 bits per heavy atom. The highest BCUT2D eigenvalue weighted by Gasteiger charge is 2.18. The summed E-state index contributed by atoms with van der Waals surface area (Å²) in [6.07, 6.45) is 1.96. The van der Waals surface area contributed by atoms with Crippen LogP contribution in [-0.4, -0.2) is 10.8 Å². The summed E-state index contributed by atoms with van der Waals surface area (Å²) in [5.41, 5.74) is 8.27. The highest BCUT2D eigenvalue weighted by molar-refractivity contribution is 7.21. The number of nitrogens with two attached hydrogens (primary N) is 1. The number of aryl methyl sites for hydroxylation is 1. The SMILES string of the molecule is CCCc1ccc2c(N)c(C(=O)c3ccc(Cl)cc3)sc2n1. The number of nitrogen functional groups attached to an aromatic ring is 1. The number of pyridine rings is 1. The number of fused-ring (bicyclic) bond motifs is 1. The number of carbonyl (C=O) groups is 1. The quantitative estimate of drug-likeness (QED) is 0.704. The van der Waals surface area contributed by atoms with E-state index in [0.717, 1.165) is 28.8 Å². The molecule has 0 aliphatic carbocycles. The van der Waals surface area contributed by atoms with Crippen molar-refractivity contribution in [1.29, 1.82) is 0 Å². The van der Waals surface area contributed by atoms with Gasteiger partial charge in [-0.25, -0.2) is 4.98 Å². The van der Waals surface area contributed by atoms with Crippen LogP contribution in [0.3, 0.4) is 0 Å². The van der Waals surface area contributed by atoms with Gasteiger partial charge in [0.2, 0.25) is 5.78 Å². The first-order chi connectivity index (χ1) is 10.6. The molecule has 0 aliphatic rings. The molecule has 2 N–H and O–H groups in total. The zero-order chi connectivity index (χ0) is 15.7. The Hall–Kier alpha value is -1.91. The van der Waals surface area contributed by atoms with E-state index in [1.54, 1.807) is 24.3 Å². The Morgan fingerprint density at radius 1 is 1.23 bits per heavy atom. The molecule has 1 aromatic carbocycles. The van der Waals surface area contributed by atoms with Crippen LogP contribution >= 0.6 is 22.9 Å². The molecule has 0 spiro atoms. The van der Waals surface area contributed by atoms with Gasteiger partial charge in [-0.2, -0.15) is 0 Å². The van der Waals surface area contributed by atoms with Crippen molar-refractivity contribution in [1.82, 2.24) is 4.98 Å². The lowest BCUT2D eigenvalue weighted by molar-refractivity contribution is 0.104. The largest absolute Gasteiger partial charge is 0.397 e. The van der Waals surface area contributed by atoms with Crippen LogP contribution in [0.25, 0.3) is 10.2 Å². The Morgan fingerprint density at radius 3 is 2.64 bits per heavy atom. The second kappa shape index (κ2) is 6.07. The average molecular weight is 331 g/mol. The van der Waals surface area contributed by atoms with Crippen molar-refractivity contribution in [3.05, 3.63) is 57.6 Å². The summed E-state index contributed by atoms with van der Waals surface area (Å²) in [7, 11) is 0. The third-order valence-electron chi connectivity index (χ3n) is 3.47.